The minimum absolute atomic E-state index is 0.481. The zero-order valence-corrected chi connectivity index (χ0v) is 26.4. The van der Waals surface area contributed by atoms with E-state index in [2.05, 4.69) is 119 Å². The van der Waals surface area contributed by atoms with Gasteiger partial charge in [-0.2, -0.15) is 0 Å². The third-order valence-corrected chi connectivity index (χ3v) is 9.06. The summed E-state index contributed by atoms with van der Waals surface area (Å²) in [4.78, 5) is 6.31. The minimum Gasteiger partial charge on any atom is -0.488 e. The Kier molecular flexibility index (Phi) is 8.02. The smallest absolute Gasteiger partial charge is 0.205 e. The molecule has 7 aromatic rings. The van der Waals surface area contributed by atoms with Crippen LogP contribution in [0.15, 0.2) is 152 Å². The van der Waals surface area contributed by atoms with Crippen LogP contribution in [0.2, 0.25) is 0 Å². The van der Waals surface area contributed by atoms with Gasteiger partial charge in [-0.25, -0.2) is 0 Å². The van der Waals surface area contributed by atoms with Crippen molar-refractivity contribution in [1.29, 1.82) is 0 Å². The number of aromatic nitrogens is 5. The van der Waals surface area contributed by atoms with Gasteiger partial charge in [0.25, 0.3) is 0 Å². The van der Waals surface area contributed by atoms with E-state index in [0.29, 0.717) is 12.4 Å². The van der Waals surface area contributed by atoms with Crippen LogP contribution in [0.1, 0.15) is 33.5 Å². The number of rotatable bonds is 9. The first-order valence-electron chi connectivity index (χ1n) is 16.3. The Hall–Kier alpha value is -5.92. The lowest BCUT2D eigenvalue weighted by atomic mass is 9.77. The molecule has 7 nitrogen and oxygen atoms in total. The van der Waals surface area contributed by atoms with E-state index in [1.165, 1.54) is 0 Å². The van der Waals surface area contributed by atoms with Gasteiger partial charge in [0.05, 0.1) is 0 Å². The van der Waals surface area contributed by atoms with Crippen molar-refractivity contribution in [3.05, 3.63) is 185 Å². The van der Waals surface area contributed by atoms with Crippen molar-refractivity contribution in [3.63, 3.8) is 0 Å². The molecule has 0 amide bonds. The summed E-state index contributed by atoms with van der Waals surface area (Å²) in [5.74, 6) is 1.45. The van der Waals surface area contributed by atoms with E-state index in [0.717, 1.165) is 75.5 Å². The molecule has 5 aromatic carbocycles. The molecule has 1 N–H and O–H groups in total. The maximum atomic E-state index is 6.26. The van der Waals surface area contributed by atoms with Crippen LogP contribution in [0.4, 0.5) is 0 Å². The summed E-state index contributed by atoms with van der Waals surface area (Å²) < 4.78 is 6.26. The number of hydrogen-bond acceptors (Lipinski definition) is 6. The maximum Gasteiger partial charge on any atom is 0.205 e. The number of fused-ring (bicyclic) bond motifs is 1. The lowest BCUT2D eigenvalue weighted by molar-refractivity contribution is 0.300. The summed E-state index contributed by atoms with van der Waals surface area (Å²) in [5, 5.41) is 18.0. The van der Waals surface area contributed by atoms with E-state index in [1.54, 1.807) is 4.80 Å². The first-order chi connectivity index (χ1) is 23.8. The van der Waals surface area contributed by atoms with Crippen molar-refractivity contribution >= 4 is 0 Å². The predicted molar refractivity (Wildman–Crippen MR) is 187 cm³/mol. The van der Waals surface area contributed by atoms with E-state index < -0.39 is 5.54 Å². The van der Waals surface area contributed by atoms with Crippen LogP contribution < -0.4 is 10.1 Å². The van der Waals surface area contributed by atoms with Crippen LogP contribution in [0.5, 0.6) is 5.75 Å². The van der Waals surface area contributed by atoms with E-state index >= 15 is 0 Å². The fraction of sp³-hybridized carbons (Fsp3) is 0.122. The minimum atomic E-state index is -0.838. The molecule has 0 atom stereocenters. The normalized spacial score (nSPS) is 12.8. The second-order valence-corrected chi connectivity index (χ2v) is 11.9. The van der Waals surface area contributed by atoms with Crippen molar-refractivity contribution in [3.8, 4) is 28.3 Å². The third-order valence-electron chi connectivity index (χ3n) is 9.06. The lowest BCUT2D eigenvalue weighted by Gasteiger charge is -2.34. The first-order valence-corrected chi connectivity index (χ1v) is 16.3. The second-order valence-electron chi connectivity index (χ2n) is 11.9. The second kappa shape index (κ2) is 13.1. The third kappa shape index (κ3) is 5.44. The number of tetrazole rings is 1. The predicted octanol–water partition coefficient (Wildman–Crippen LogP) is 7.47. The Morgan fingerprint density at radius 1 is 0.667 bits per heavy atom. The number of hydrogen-bond donors (Lipinski definition) is 1. The maximum absolute atomic E-state index is 6.26. The monoisotopic (exact) mass is 626 g/mol. The molecular formula is C41H34N6O. The fourth-order valence-electron chi connectivity index (χ4n) is 6.70. The standard InChI is InChI=1S/C41H34N6O/c1-4-12-32(13-5-1)41(33-14-6-2-7-15-33,34-16-8-3-9-17-34)47-45-40(44-46-47)36-19-11-10-18-35(36)31-22-20-30(21-23-31)29-48-39-25-27-43-38-24-26-42-28-37(38)39/h1-23,25,27,42H,24,26,28-29H2. The Morgan fingerprint density at radius 3 is 1.92 bits per heavy atom. The topological polar surface area (TPSA) is 77.8 Å². The zero-order chi connectivity index (χ0) is 32.2. The van der Waals surface area contributed by atoms with Gasteiger partial charge < -0.3 is 10.1 Å². The van der Waals surface area contributed by atoms with Crippen LogP contribution >= 0.6 is 0 Å². The lowest BCUT2D eigenvalue weighted by Crippen LogP contribution is -2.39. The van der Waals surface area contributed by atoms with Crippen molar-refractivity contribution < 1.29 is 4.74 Å². The van der Waals surface area contributed by atoms with Crippen molar-refractivity contribution in [2.45, 2.75) is 25.1 Å². The summed E-state index contributed by atoms with van der Waals surface area (Å²) in [6.45, 7) is 2.22. The van der Waals surface area contributed by atoms with Crippen LogP contribution in [0.25, 0.3) is 22.5 Å². The molecule has 0 saturated carbocycles. The van der Waals surface area contributed by atoms with Crippen molar-refractivity contribution in [1.82, 2.24) is 30.5 Å². The molecule has 48 heavy (non-hydrogen) atoms. The number of nitrogens with zero attached hydrogens (tertiary/aromatic N) is 5. The zero-order valence-electron chi connectivity index (χ0n) is 26.4. The molecule has 0 saturated heterocycles. The van der Waals surface area contributed by atoms with Gasteiger partial charge in [0.1, 0.15) is 12.4 Å². The quantitative estimate of drug-likeness (QED) is 0.168. The van der Waals surface area contributed by atoms with E-state index in [-0.39, 0.29) is 0 Å². The highest BCUT2D eigenvalue weighted by atomic mass is 16.5. The molecule has 0 unspecified atom stereocenters. The van der Waals surface area contributed by atoms with Crippen LogP contribution in [0.3, 0.4) is 0 Å². The van der Waals surface area contributed by atoms with Gasteiger partial charge in [0, 0.05) is 42.5 Å². The molecule has 0 radical (unpaired) electrons. The van der Waals surface area contributed by atoms with Crippen LogP contribution in [-0.4, -0.2) is 31.7 Å². The molecule has 1 aliphatic rings. The largest absolute Gasteiger partial charge is 0.488 e. The van der Waals surface area contributed by atoms with Gasteiger partial charge in [-0.1, -0.05) is 140 Å². The SMILES string of the molecule is c1ccc(C(c2ccccc2)(c2ccccc2)n2nnc(-c3ccccc3-c3ccc(COc4ccnc5c4CNCC5)cc3)n2)cc1. The number of benzene rings is 5. The molecule has 0 bridgehead atoms. The van der Waals surface area contributed by atoms with E-state index in [9.17, 15) is 0 Å². The van der Waals surface area contributed by atoms with Crippen molar-refractivity contribution in [2.24, 2.45) is 0 Å². The van der Waals surface area contributed by atoms with Crippen molar-refractivity contribution in [2.75, 3.05) is 6.54 Å². The molecule has 0 aliphatic carbocycles. The summed E-state index contributed by atoms with van der Waals surface area (Å²) in [5.41, 5.74) is 8.67. The Labute approximate surface area is 279 Å². The van der Waals surface area contributed by atoms with Gasteiger partial charge in [0.15, 0.2) is 5.54 Å². The average Bonchev–Trinajstić information content (AvgIpc) is 3.66. The highest BCUT2D eigenvalue weighted by Crippen LogP contribution is 2.40. The molecule has 7 heteroatoms. The van der Waals surface area contributed by atoms with E-state index in [4.69, 9.17) is 20.1 Å². The van der Waals surface area contributed by atoms with Gasteiger partial charge in [-0.05, 0) is 44.7 Å². The molecule has 234 valence electrons. The van der Waals surface area contributed by atoms with Crippen LogP contribution in [-0.2, 0) is 25.1 Å². The first kappa shape index (κ1) is 29.5. The highest BCUT2D eigenvalue weighted by molar-refractivity contribution is 5.80. The molecule has 1 aliphatic heterocycles. The Morgan fingerprint density at radius 2 is 1.27 bits per heavy atom. The molecule has 0 spiro atoms. The molecule has 2 aromatic heterocycles. The van der Waals surface area contributed by atoms with Crippen LogP contribution in [0, 0.1) is 0 Å². The number of pyridine rings is 1. The number of ether oxygens (including phenoxy) is 1. The number of nitrogens with one attached hydrogen (secondary N) is 1. The van der Waals surface area contributed by atoms with Gasteiger partial charge >= 0.3 is 0 Å². The summed E-state index contributed by atoms with van der Waals surface area (Å²) in [7, 11) is 0. The Bertz CT molecular complexity index is 2030. The van der Waals surface area contributed by atoms with Gasteiger partial charge in [-0.15, -0.1) is 15.0 Å². The van der Waals surface area contributed by atoms with Gasteiger partial charge in [-0.3, -0.25) is 4.98 Å². The summed E-state index contributed by atoms with van der Waals surface area (Å²) in [6.07, 6.45) is 2.77. The molecular weight excluding hydrogens is 592 g/mol. The summed E-state index contributed by atoms with van der Waals surface area (Å²) in [6, 6.07) is 49.9. The fourth-order valence-corrected chi connectivity index (χ4v) is 6.70. The van der Waals surface area contributed by atoms with Gasteiger partial charge in [0.2, 0.25) is 5.82 Å². The molecule has 8 rings (SSSR count). The summed E-state index contributed by atoms with van der Waals surface area (Å²) >= 11 is 0. The highest BCUT2D eigenvalue weighted by Gasteiger charge is 2.41. The average molecular weight is 627 g/mol. The van der Waals surface area contributed by atoms with E-state index in [1.807, 2.05) is 42.6 Å². The molecule has 0 fully saturated rings. The molecule has 3 heterocycles. The Balaban J connectivity index is 1.14.